The van der Waals surface area contributed by atoms with Crippen molar-refractivity contribution in [2.75, 3.05) is 23.0 Å². The van der Waals surface area contributed by atoms with Gasteiger partial charge in [-0.3, -0.25) is 4.55 Å². The van der Waals surface area contributed by atoms with Crippen LogP contribution in [-0.2, 0) is 26.8 Å². The third-order valence-corrected chi connectivity index (χ3v) is 12.1. The molecule has 0 fully saturated rings. The Kier molecular flexibility index (Phi) is 10.4. The average Bonchev–Trinajstić information content (AvgIpc) is 3.55. The molecule has 4 aromatic rings. The van der Waals surface area contributed by atoms with Crippen LogP contribution in [0.3, 0.4) is 0 Å². The Balaban J connectivity index is 1.36. The number of anilines is 1. The standard InChI is InChI=1S/C35H36N2O6S4/c38-46(39,40)19-9-8-17-36-30-13-4-6-15-32(30)44-34(36)24-26-21-27(23-29(22-26)28-11-2-1-3-12-28)25-35-37(18-10-20-47(41,42)43)31-14-5-7-16-33(31)45-35/h1-7,11-16,21,24-25,29H,8-10,17-20,22-23H2,(H-,38,39,40,41,42,43). The lowest BCUT2D eigenvalue weighted by Crippen LogP contribution is -2.36. The monoisotopic (exact) mass is 708 g/mol. The zero-order valence-electron chi connectivity index (χ0n) is 25.7. The van der Waals surface area contributed by atoms with Crippen LogP contribution in [0.4, 0.5) is 5.69 Å². The summed E-state index contributed by atoms with van der Waals surface area (Å²) in [6.07, 6.45) is 9.59. The molecule has 0 radical (unpaired) electrons. The van der Waals surface area contributed by atoms with Gasteiger partial charge in [0.1, 0.15) is 4.70 Å². The summed E-state index contributed by atoms with van der Waals surface area (Å²) in [4.78, 5) is 3.36. The number of aromatic nitrogens is 1. The highest BCUT2D eigenvalue weighted by Gasteiger charge is 2.27. The normalized spacial score (nSPS) is 18.6. The highest BCUT2D eigenvalue weighted by molar-refractivity contribution is 8.03. The lowest BCUT2D eigenvalue weighted by atomic mass is 9.81. The summed E-state index contributed by atoms with van der Waals surface area (Å²) in [6.45, 7) is 1.07. The fourth-order valence-corrected chi connectivity index (χ4v) is 9.59. The van der Waals surface area contributed by atoms with Crippen LogP contribution in [0.5, 0.6) is 0 Å². The van der Waals surface area contributed by atoms with Gasteiger partial charge in [-0.1, -0.05) is 83.8 Å². The molecular weight excluding hydrogens is 673 g/mol. The van der Waals surface area contributed by atoms with Crippen LogP contribution >= 0.6 is 23.1 Å². The average molecular weight is 709 g/mol. The van der Waals surface area contributed by atoms with Gasteiger partial charge in [0.15, 0.2) is 6.54 Å². The number of thioether (sulfide) groups is 1. The molecule has 1 aromatic heterocycles. The predicted molar refractivity (Wildman–Crippen MR) is 189 cm³/mol. The van der Waals surface area contributed by atoms with E-state index in [2.05, 4.69) is 70.2 Å². The summed E-state index contributed by atoms with van der Waals surface area (Å²) in [7, 11) is -8.30. The van der Waals surface area contributed by atoms with Crippen molar-refractivity contribution in [3.05, 3.63) is 118 Å². The SMILES string of the molecule is O=S(=O)([O-])CCCCN1C(=CC2=CC(=Cc3sc4ccccc4[n+]3CCCS(=O)(=O)O)CC(c3ccccc3)C2)Sc2ccccc21. The number of nitrogens with zero attached hydrogens (tertiary/aromatic N) is 2. The van der Waals surface area contributed by atoms with Gasteiger partial charge in [-0.2, -0.15) is 13.0 Å². The smallest absolute Gasteiger partial charge is 0.265 e. The van der Waals surface area contributed by atoms with Gasteiger partial charge in [0.2, 0.25) is 5.52 Å². The molecule has 1 aliphatic carbocycles. The molecule has 246 valence electrons. The third kappa shape index (κ3) is 8.81. The van der Waals surface area contributed by atoms with Gasteiger partial charge in [-0.15, -0.1) is 0 Å². The quantitative estimate of drug-likeness (QED) is 0.0938. The van der Waals surface area contributed by atoms with Gasteiger partial charge in [-0.25, -0.2) is 8.42 Å². The highest BCUT2D eigenvalue weighted by Crippen LogP contribution is 2.47. The van der Waals surface area contributed by atoms with E-state index in [-0.39, 0.29) is 17.4 Å². The minimum absolute atomic E-state index is 0.256. The first-order chi connectivity index (χ1) is 22.5. The molecule has 6 rings (SSSR count). The molecule has 1 N–H and O–H groups in total. The number of fused-ring (bicyclic) bond motifs is 2. The molecule has 0 bridgehead atoms. The minimum Gasteiger partial charge on any atom is -0.748 e. The maximum Gasteiger partial charge on any atom is 0.265 e. The second kappa shape index (κ2) is 14.5. The van der Waals surface area contributed by atoms with Crippen LogP contribution in [0.25, 0.3) is 16.3 Å². The van der Waals surface area contributed by atoms with Crippen molar-refractivity contribution in [1.82, 2.24) is 0 Å². The first-order valence-corrected chi connectivity index (χ1v) is 20.4. The third-order valence-electron chi connectivity index (χ3n) is 8.31. The first-order valence-electron chi connectivity index (χ1n) is 15.5. The summed E-state index contributed by atoms with van der Waals surface area (Å²) < 4.78 is 69.1. The summed E-state index contributed by atoms with van der Waals surface area (Å²) in [5, 5.41) is 2.09. The molecule has 1 unspecified atom stereocenters. The maximum absolute atomic E-state index is 11.5. The number of thiazole rings is 1. The molecule has 2 aliphatic rings. The summed E-state index contributed by atoms with van der Waals surface area (Å²) >= 11 is 3.36. The molecule has 8 nitrogen and oxygen atoms in total. The van der Waals surface area contributed by atoms with E-state index in [9.17, 15) is 25.9 Å². The van der Waals surface area contributed by atoms with E-state index in [1.165, 1.54) is 16.7 Å². The number of unbranched alkanes of at least 4 members (excludes halogenated alkanes) is 1. The minimum atomic E-state index is -4.25. The number of allylic oxidation sites excluding steroid dienone is 4. The van der Waals surface area contributed by atoms with E-state index >= 15 is 0 Å². The largest absolute Gasteiger partial charge is 0.748 e. The molecule has 12 heteroatoms. The number of benzene rings is 3. The van der Waals surface area contributed by atoms with Crippen molar-refractivity contribution in [1.29, 1.82) is 0 Å². The molecule has 47 heavy (non-hydrogen) atoms. The Morgan fingerprint density at radius 2 is 1.62 bits per heavy atom. The fraction of sp³-hybridized carbons (Fsp3) is 0.286. The zero-order chi connectivity index (χ0) is 33.0. The van der Waals surface area contributed by atoms with Crippen molar-refractivity contribution < 1.29 is 30.5 Å². The van der Waals surface area contributed by atoms with Gasteiger partial charge in [0.25, 0.3) is 15.1 Å². The number of para-hydroxylation sites is 2. The Hall–Kier alpha value is -3.26. The van der Waals surface area contributed by atoms with Crippen LogP contribution in [0, 0.1) is 0 Å². The fourth-order valence-electron chi connectivity index (χ4n) is 6.21. The number of aryl methyl sites for hydroxylation is 1. The van der Waals surface area contributed by atoms with Crippen molar-refractivity contribution in [3.63, 3.8) is 0 Å². The summed E-state index contributed by atoms with van der Waals surface area (Å²) in [6, 6.07) is 26.8. The van der Waals surface area contributed by atoms with Crippen molar-refractivity contribution in [2.24, 2.45) is 0 Å². The molecular formula is C35H36N2O6S4. The highest BCUT2D eigenvalue weighted by atomic mass is 32.2. The Bertz CT molecular complexity index is 2070. The number of hydrogen-bond donors (Lipinski definition) is 1. The molecule has 0 spiro atoms. The van der Waals surface area contributed by atoms with E-state index < -0.39 is 20.2 Å². The van der Waals surface area contributed by atoms with E-state index in [0.29, 0.717) is 32.4 Å². The van der Waals surface area contributed by atoms with E-state index in [1.54, 1.807) is 23.1 Å². The number of rotatable bonds is 12. The van der Waals surface area contributed by atoms with Crippen molar-refractivity contribution in [2.45, 2.75) is 49.5 Å². The topological polar surface area (TPSA) is 119 Å². The van der Waals surface area contributed by atoms with Crippen molar-refractivity contribution in [3.8, 4) is 0 Å². The predicted octanol–water partition coefficient (Wildman–Crippen LogP) is 7.13. The first kappa shape index (κ1) is 33.6. The van der Waals surface area contributed by atoms with E-state index in [1.807, 2.05) is 36.4 Å². The van der Waals surface area contributed by atoms with Crippen LogP contribution in [0.1, 0.15) is 48.6 Å². The van der Waals surface area contributed by atoms with Gasteiger partial charge < -0.3 is 9.45 Å². The molecule has 1 atom stereocenters. The second-order valence-electron chi connectivity index (χ2n) is 11.8. The lowest BCUT2D eigenvalue weighted by Gasteiger charge is -2.25. The molecule has 3 aromatic carbocycles. The van der Waals surface area contributed by atoms with Crippen LogP contribution < -0.4 is 9.47 Å². The number of hydrogen-bond acceptors (Lipinski definition) is 8. The Morgan fingerprint density at radius 3 is 2.40 bits per heavy atom. The van der Waals surface area contributed by atoms with E-state index in [0.717, 1.165) is 43.7 Å². The van der Waals surface area contributed by atoms with Gasteiger partial charge in [-0.05, 0) is 72.6 Å². The zero-order valence-corrected chi connectivity index (χ0v) is 29.0. The van der Waals surface area contributed by atoms with Crippen LogP contribution in [0.2, 0.25) is 0 Å². The van der Waals surface area contributed by atoms with Crippen molar-refractivity contribution >= 4 is 65.3 Å². The second-order valence-corrected chi connectivity index (χ2v) is 17.0. The van der Waals surface area contributed by atoms with Crippen LogP contribution in [-0.4, -0.2) is 44.0 Å². The van der Waals surface area contributed by atoms with Crippen LogP contribution in [0.15, 0.2) is 112 Å². The molecule has 0 saturated heterocycles. The molecule has 2 heterocycles. The van der Waals surface area contributed by atoms with Gasteiger partial charge in [0, 0.05) is 35.8 Å². The van der Waals surface area contributed by atoms with Gasteiger partial charge >= 0.3 is 0 Å². The molecule has 0 saturated carbocycles. The Morgan fingerprint density at radius 1 is 0.872 bits per heavy atom. The Labute approximate surface area is 284 Å². The summed E-state index contributed by atoms with van der Waals surface area (Å²) in [5.41, 5.74) is 5.72. The lowest BCUT2D eigenvalue weighted by molar-refractivity contribution is -0.668. The van der Waals surface area contributed by atoms with E-state index in [4.69, 9.17) is 0 Å². The summed E-state index contributed by atoms with van der Waals surface area (Å²) in [5.74, 6) is -0.400. The maximum atomic E-state index is 11.5. The molecule has 0 amide bonds. The molecule has 1 aliphatic heterocycles. The van der Waals surface area contributed by atoms with Gasteiger partial charge in [0.05, 0.1) is 26.6 Å².